The molecule has 1 amide bonds. The van der Waals surface area contributed by atoms with Crippen molar-refractivity contribution in [2.24, 2.45) is 0 Å². The summed E-state index contributed by atoms with van der Waals surface area (Å²) in [5.41, 5.74) is 0.518. The highest BCUT2D eigenvalue weighted by Gasteiger charge is 2.44. The van der Waals surface area contributed by atoms with Crippen LogP contribution in [0.3, 0.4) is 0 Å². The van der Waals surface area contributed by atoms with Crippen molar-refractivity contribution in [2.75, 3.05) is 6.16 Å². The number of aliphatic hydroxyl groups excluding tert-OH is 1. The van der Waals surface area contributed by atoms with E-state index in [0.29, 0.717) is 12.0 Å². The fourth-order valence-corrected chi connectivity index (χ4v) is 10.7. The number of nitrogens with one attached hydrogen (secondary N) is 1. The molecule has 0 bridgehead atoms. The first-order chi connectivity index (χ1) is 22.4. The van der Waals surface area contributed by atoms with Crippen LogP contribution >= 0.6 is 7.26 Å². The first-order valence-electron chi connectivity index (χ1n) is 16.7. The van der Waals surface area contributed by atoms with Crippen molar-refractivity contribution in [3.05, 3.63) is 131 Å². The maximum atomic E-state index is 12.4. The van der Waals surface area contributed by atoms with Crippen molar-refractivity contribution in [1.82, 2.24) is 5.32 Å². The third kappa shape index (κ3) is 9.82. The number of rotatable bonds is 19. The number of nitrogens with zero attached hydrogens (tertiary/aromatic N) is 1. The van der Waals surface area contributed by atoms with Crippen LogP contribution < -0.4 is 21.2 Å². The zero-order valence-electron chi connectivity index (χ0n) is 27.0. The van der Waals surface area contributed by atoms with E-state index in [1.54, 1.807) is 6.92 Å². The molecule has 46 heavy (non-hydrogen) atoms. The van der Waals surface area contributed by atoms with Gasteiger partial charge in [0.15, 0.2) is 0 Å². The number of aliphatic hydroxyl groups is 1. The Kier molecular flexibility index (Phi) is 13.9. The van der Waals surface area contributed by atoms with Gasteiger partial charge in [-0.25, -0.2) is 0 Å². The summed E-state index contributed by atoms with van der Waals surface area (Å²) in [6.45, 7) is 1.75. The van der Waals surface area contributed by atoms with Crippen molar-refractivity contribution >= 4 is 34.8 Å². The molecular formula is C39H48N2O4P+. The van der Waals surface area contributed by atoms with E-state index in [9.17, 15) is 20.0 Å². The number of hydrogen-bond acceptors (Lipinski definition) is 4. The van der Waals surface area contributed by atoms with Gasteiger partial charge in [-0.3, -0.25) is 14.9 Å². The van der Waals surface area contributed by atoms with Crippen LogP contribution in [0.2, 0.25) is 0 Å². The van der Waals surface area contributed by atoms with Crippen LogP contribution in [-0.4, -0.2) is 28.1 Å². The zero-order valence-corrected chi connectivity index (χ0v) is 27.9. The molecule has 0 heterocycles. The van der Waals surface area contributed by atoms with E-state index in [1.807, 2.05) is 0 Å². The number of carbonyl (C=O) groups is 1. The molecule has 0 aromatic heterocycles. The van der Waals surface area contributed by atoms with Crippen molar-refractivity contribution in [1.29, 1.82) is 0 Å². The average Bonchev–Trinajstić information content (AvgIpc) is 3.09. The van der Waals surface area contributed by atoms with Gasteiger partial charge < -0.3 is 10.4 Å². The Labute approximate surface area is 274 Å². The summed E-state index contributed by atoms with van der Waals surface area (Å²) < 4.78 is 0. The van der Waals surface area contributed by atoms with Crippen LogP contribution in [0.4, 0.5) is 5.69 Å². The zero-order chi connectivity index (χ0) is 32.6. The van der Waals surface area contributed by atoms with E-state index in [4.69, 9.17) is 0 Å². The van der Waals surface area contributed by atoms with E-state index < -0.39 is 24.3 Å². The minimum Gasteiger partial charge on any atom is -0.386 e. The second kappa shape index (κ2) is 18.3. The first kappa shape index (κ1) is 35.0. The monoisotopic (exact) mass is 639 g/mol. The number of carbonyl (C=O) groups excluding carboxylic acids is 1. The highest BCUT2D eigenvalue weighted by molar-refractivity contribution is 7.95. The Morgan fingerprint density at radius 2 is 1.09 bits per heavy atom. The van der Waals surface area contributed by atoms with Gasteiger partial charge in [0, 0.05) is 18.6 Å². The molecule has 0 aliphatic carbocycles. The summed E-state index contributed by atoms with van der Waals surface area (Å²) in [4.78, 5) is 22.8. The number of benzene rings is 4. The Bertz CT molecular complexity index is 1370. The van der Waals surface area contributed by atoms with Crippen molar-refractivity contribution < 1.29 is 14.8 Å². The molecule has 2 N–H and O–H groups in total. The van der Waals surface area contributed by atoms with Gasteiger partial charge in [0.25, 0.3) is 5.69 Å². The predicted molar refractivity (Wildman–Crippen MR) is 192 cm³/mol. The lowest BCUT2D eigenvalue weighted by Gasteiger charge is -2.27. The molecule has 0 aliphatic rings. The van der Waals surface area contributed by atoms with Crippen LogP contribution in [0.1, 0.15) is 82.8 Å². The Hall–Kier alpha value is -3.86. The van der Waals surface area contributed by atoms with Gasteiger partial charge in [0.2, 0.25) is 5.91 Å². The third-order valence-electron chi connectivity index (χ3n) is 8.80. The van der Waals surface area contributed by atoms with Crippen LogP contribution in [0.5, 0.6) is 0 Å². The van der Waals surface area contributed by atoms with Crippen LogP contribution in [0.25, 0.3) is 0 Å². The quantitative estimate of drug-likeness (QED) is 0.0470. The normalized spacial score (nSPS) is 12.7. The maximum Gasteiger partial charge on any atom is 0.269 e. The highest BCUT2D eigenvalue weighted by atomic mass is 31.2. The fourth-order valence-electron chi connectivity index (χ4n) is 6.24. The number of unbranched alkanes of at least 4 members (excludes halogenated alkanes) is 8. The number of nitro benzene ring substituents is 1. The minimum atomic E-state index is -1.74. The fraction of sp³-hybridized carbons (Fsp3) is 0.359. The number of non-ortho nitro benzene ring substituents is 1. The van der Waals surface area contributed by atoms with Crippen molar-refractivity contribution in [3.8, 4) is 0 Å². The molecule has 4 aromatic carbocycles. The summed E-state index contributed by atoms with van der Waals surface area (Å²) >= 11 is 0. The third-order valence-corrected chi connectivity index (χ3v) is 13.3. The molecular weight excluding hydrogens is 591 g/mol. The molecule has 0 saturated carbocycles. The largest absolute Gasteiger partial charge is 0.386 e. The van der Waals surface area contributed by atoms with Gasteiger partial charge in [-0.2, -0.15) is 0 Å². The Morgan fingerprint density at radius 1 is 0.674 bits per heavy atom. The van der Waals surface area contributed by atoms with Gasteiger partial charge in [-0.1, -0.05) is 93.1 Å². The molecule has 0 fully saturated rings. The van der Waals surface area contributed by atoms with Crippen LogP contribution in [-0.2, 0) is 4.79 Å². The minimum absolute atomic E-state index is 0.0265. The molecule has 4 aromatic rings. The summed E-state index contributed by atoms with van der Waals surface area (Å²) in [5, 5.41) is 28.6. The number of nitro groups is 1. The van der Waals surface area contributed by atoms with Crippen molar-refractivity contribution in [3.63, 3.8) is 0 Å². The van der Waals surface area contributed by atoms with E-state index in [-0.39, 0.29) is 11.6 Å². The molecule has 4 rings (SSSR count). The number of amides is 1. The molecule has 0 saturated heterocycles. The van der Waals surface area contributed by atoms with E-state index in [2.05, 4.69) is 96.3 Å². The molecule has 242 valence electrons. The lowest BCUT2D eigenvalue weighted by Crippen LogP contribution is -2.36. The van der Waals surface area contributed by atoms with Gasteiger partial charge >= 0.3 is 0 Å². The van der Waals surface area contributed by atoms with Gasteiger partial charge in [-0.15, -0.1) is 0 Å². The summed E-state index contributed by atoms with van der Waals surface area (Å²) in [5.74, 6) is -0.0751. The predicted octanol–water partition coefficient (Wildman–Crippen LogP) is 8.03. The van der Waals surface area contributed by atoms with Crippen LogP contribution in [0.15, 0.2) is 115 Å². The second-order valence-electron chi connectivity index (χ2n) is 12.1. The molecule has 7 heteroatoms. The lowest BCUT2D eigenvalue weighted by molar-refractivity contribution is -0.384. The topological polar surface area (TPSA) is 92.5 Å². The van der Waals surface area contributed by atoms with E-state index in [1.165, 1.54) is 84.9 Å². The van der Waals surface area contributed by atoms with Gasteiger partial charge in [-0.05, 0) is 80.3 Å². The first-order valence-corrected chi connectivity index (χ1v) is 18.7. The SMILES string of the molecule is C[C@@H](NC(=O)CCCCCCCCCCC[P+](c1ccccc1)(c1ccccc1)c1ccccc1)[C@H](O)c1ccc([N+](=O)[O-])cc1. The summed E-state index contributed by atoms with van der Waals surface area (Å²) in [6, 6.07) is 38.7. The Morgan fingerprint density at radius 3 is 1.52 bits per heavy atom. The highest BCUT2D eigenvalue weighted by Crippen LogP contribution is 2.56. The lowest BCUT2D eigenvalue weighted by atomic mass is 10.0. The molecule has 0 spiro atoms. The molecule has 6 nitrogen and oxygen atoms in total. The maximum absolute atomic E-state index is 12.4. The molecule has 2 atom stereocenters. The molecule has 0 unspecified atom stereocenters. The Balaban J connectivity index is 1.14. The van der Waals surface area contributed by atoms with Gasteiger partial charge in [0.1, 0.15) is 23.2 Å². The smallest absolute Gasteiger partial charge is 0.269 e. The summed E-state index contributed by atoms with van der Waals surface area (Å²) in [7, 11) is -1.74. The van der Waals surface area contributed by atoms with Gasteiger partial charge in [0.05, 0.1) is 23.2 Å². The van der Waals surface area contributed by atoms with Crippen molar-refractivity contribution in [2.45, 2.75) is 83.3 Å². The number of hydrogen-bond donors (Lipinski definition) is 2. The van der Waals surface area contributed by atoms with E-state index >= 15 is 0 Å². The molecule has 0 aliphatic heterocycles. The van der Waals surface area contributed by atoms with Crippen LogP contribution in [0, 0.1) is 10.1 Å². The molecule has 0 radical (unpaired) electrons. The van der Waals surface area contributed by atoms with E-state index in [0.717, 1.165) is 19.3 Å². The second-order valence-corrected chi connectivity index (χ2v) is 15.7. The standard InChI is InChI=1S/C39H47N2O4P/c1-32(39(43)33-27-29-34(30-28-33)41(44)45)40-38(42)26-18-7-5-3-2-4-6-8-19-31-46(35-20-12-9-13-21-35,36-22-14-10-15-23-36)37-24-16-11-17-25-37/h9-17,20-25,27-30,32,39,43H,2-8,18-19,26,31H2,1H3/p+1/t32-,39+/m1/s1. The summed E-state index contributed by atoms with van der Waals surface area (Å²) in [6.07, 6.45) is 11.0. The average molecular weight is 640 g/mol.